The van der Waals surface area contributed by atoms with Crippen molar-refractivity contribution < 1.29 is 0 Å². The number of nitrogens with zero attached hydrogens (tertiary/aromatic N) is 1. The van der Waals surface area contributed by atoms with E-state index in [0.717, 1.165) is 23.8 Å². The van der Waals surface area contributed by atoms with Gasteiger partial charge >= 0.3 is 0 Å². The summed E-state index contributed by atoms with van der Waals surface area (Å²) in [6, 6.07) is 5.61. The molecule has 2 rings (SSSR count). The van der Waals surface area contributed by atoms with E-state index < -0.39 is 0 Å². The normalized spacial score (nSPS) is 18.2. The predicted molar refractivity (Wildman–Crippen MR) is 74.6 cm³/mol. The maximum absolute atomic E-state index is 5.90. The fourth-order valence-corrected chi connectivity index (χ4v) is 2.40. The lowest BCUT2D eigenvalue weighted by atomic mass is 9.97. The van der Waals surface area contributed by atoms with Crippen molar-refractivity contribution in [3.05, 3.63) is 23.2 Å². The average Bonchev–Trinajstić information content (AvgIpc) is 2.30. The first kappa shape index (κ1) is 12.5. The van der Waals surface area contributed by atoms with Crippen LogP contribution >= 0.6 is 11.6 Å². The molecule has 94 valence electrons. The van der Waals surface area contributed by atoms with Gasteiger partial charge in [0.2, 0.25) is 0 Å². The lowest BCUT2D eigenvalue weighted by Gasteiger charge is -2.29. The minimum atomic E-state index is 0.687. The third kappa shape index (κ3) is 3.51. The largest absolute Gasteiger partial charge is 0.397 e. The van der Waals surface area contributed by atoms with Crippen molar-refractivity contribution in [1.29, 1.82) is 0 Å². The number of piperidine rings is 1. The number of nitrogens with one attached hydrogen (secondary N) is 1. The summed E-state index contributed by atoms with van der Waals surface area (Å²) in [6.45, 7) is 3.39. The van der Waals surface area contributed by atoms with Gasteiger partial charge in [0.15, 0.2) is 0 Å². The van der Waals surface area contributed by atoms with Gasteiger partial charge in [-0.15, -0.1) is 0 Å². The standard InChI is InChI=1S/C13H20ClN3/c1-17-6-4-10(5-7-17)9-16-13-3-2-11(14)8-12(13)15/h2-3,8,10,16H,4-7,9,15H2,1H3. The highest BCUT2D eigenvalue weighted by Crippen LogP contribution is 2.24. The molecule has 0 bridgehead atoms. The van der Waals surface area contributed by atoms with Crippen molar-refractivity contribution in [2.45, 2.75) is 12.8 Å². The molecule has 0 radical (unpaired) electrons. The van der Waals surface area contributed by atoms with Crippen LogP contribution in [0, 0.1) is 5.92 Å². The van der Waals surface area contributed by atoms with E-state index in [1.54, 1.807) is 6.07 Å². The molecule has 0 saturated carbocycles. The summed E-state index contributed by atoms with van der Waals surface area (Å²) < 4.78 is 0. The Bertz CT molecular complexity index is 373. The SMILES string of the molecule is CN1CCC(CNc2ccc(Cl)cc2N)CC1. The van der Waals surface area contributed by atoms with Gasteiger partial charge < -0.3 is 16.0 Å². The molecule has 0 spiro atoms. The summed E-state index contributed by atoms with van der Waals surface area (Å²) in [4.78, 5) is 2.38. The quantitative estimate of drug-likeness (QED) is 0.814. The molecule has 3 N–H and O–H groups in total. The van der Waals surface area contributed by atoms with Gasteiger partial charge in [-0.05, 0) is 57.1 Å². The Morgan fingerprint density at radius 1 is 1.41 bits per heavy atom. The average molecular weight is 254 g/mol. The fraction of sp³-hybridized carbons (Fsp3) is 0.538. The summed E-state index contributed by atoms with van der Waals surface area (Å²) in [7, 11) is 2.18. The Labute approximate surface area is 108 Å². The van der Waals surface area contributed by atoms with Gasteiger partial charge in [0.25, 0.3) is 0 Å². The molecule has 3 nitrogen and oxygen atoms in total. The minimum Gasteiger partial charge on any atom is -0.397 e. The number of nitrogen functional groups attached to an aromatic ring is 1. The molecule has 1 aliphatic rings. The molecule has 0 aromatic heterocycles. The molecular formula is C13H20ClN3. The van der Waals surface area contributed by atoms with Crippen LogP contribution in [0.4, 0.5) is 11.4 Å². The number of rotatable bonds is 3. The van der Waals surface area contributed by atoms with Crippen LogP contribution in [0.5, 0.6) is 0 Å². The summed E-state index contributed by atoms with van der Waals surface area (Å²) in [6.07, 6.45) is 2.52. The Morgan fingerprint density at radius 3 is 2.76 bits per heavy atom. The first-order chi connectivity index (χ1) is 8.15. The van der Waals surface area contributed by atoms with E-state index in [1.165, 1.54) is 25.9 Å². The van der Waals surface area contributed by atoms with Crippen molar-refractivity contribution in [3.63, 3.8) is 0 Å². The van der Waals surface area contributed by atoms with Crippen LogP contribution in [0.2, 0.25) is 5.02 Å². The second-order valence-electron chi connectivity index (χ2n) is 4.86. The Balaban J connectivity index is 1.85. The van der Waals surface area contributed by atoms with Gasteiger partial charge in [-0.25, -0.2) is 0 Å². The van der Waals surface area contributed by atoms with Crippen molar-refractivity contribution in [1.82, 2.24) is 4.90 Å². The van der Waals surface area contributed by atoms with E-state index in [-0.39, 0.29) is 0 Å². The number of anilines is 2. The van der Waals surface area contributed by atoms with Crippen molar-refractivity contribution in [2.24, 2.45) is 5.92 Å². The lowest BCUT2D eigenvalue weighted by molar-refractivity contribution is 0.226. The zero-order valence-electron chi connectivity index (χ0n) is 10.2. The van der Waals surface area contributed by atoms with E-state index in [4.69, 9.17) is 17.3 Å². The van der Waals surface area contributed by atoms with Crippen molar-refractivity contribution in [2.75, 3.05) is 37.7 Å². The minimum absolute atomic E-state index is 0.687. The number of likely N-dealkylation sites (tertiary alicyclic amines) is 1. The second kappa shape index (κ2) is 5.61. The topological polar surface area (TPSA) is 41.3 Å². The zero-order chi connectivity index (χ0) is 12.3. The van der Waals surface area contributed by atoms with Gasteiger partial charge in [-0.2, -0.15) is 0 Å². The Kier molecular flexibility index (Phi) is 4.13. The van der Waals surface area contributed by atoms with Crippen LogP contribution < -0.4 is 11.1 Å². The highest BCUT2D eigenvalue weighted by atomic mass is 35.5. The molecule has 1 fully saturated rings. The smallest absolute Gasteiger partial charge is 0.0575 e. The second-order valence-corrected chi connectivity index (χ2v) is 5.30. The number of nitrogens with two attached hydrogens (primary N) is 1. The molecule has 1 heterocycles. The molecule has 17 heavy (non-hydrogen) atoms. The molecule has 0 aliphatic carbocycles. The molecule has 0 unspecified atom stereocenters. The van der Waals surface area contributed by atoms with Crippen LogP contribution in [0.15, 0.2) is 18.2 Å². The highest BCUT2D eigenvalue weighted by molar-refractivity contribution is 6.31. The summed E-state index contributed by atoms with van der Waals surface area (Å²) in [5.41, 5.74) is 7.62. The van der Waals surface area contributed by atoms with Gasteiger partial charge in [0.1, 0.15) is 0 Å². The zero-order valence-corrected chi connectivity index (χ0v) is 11.0. The number of hydrogen-bond donors (Lipinski definition) is 2. The Morgan fingerprint density at radius 2 is 2.12 bits per heavy atom. The first-order valence-electron chi connectivity index (χ1n) is 6.12. The molecule has 1 aliphatic heterocycles. The van der Waals surface area contributed by atoms with Gasteiger partial charge in [-0.3, -0.25) is 0 Å². The van der Waals surface area contributed by atoms with Crippen LogP contribution in [-0.4, -0.2) is 31.6 Å². The fourth-order valence-electron chi connectivity index (χ4n) is 2.22. The van der Waals surface area contributed by atoms with Crippen LogP contribution in [-0.2, 0) is 0 Å². The van der Waals surface area contributed by atoms with Gasteiger partial charge in [0, 0.05) is 11.6 Å². The van der Waals surface area contributed by atoms with E-state index in [2.05, 4.69) is 17.3 Å². The molecule has 1 saturated heterocycles. The first-order valence-corrected chi connectivity index (χ1v) is 6.50. The van der Waals surface area contributed by atoms with Gasteiger partial charge in [-0.1, -0.05) is 11.6 Å². The third-order valence-corrected chi connectivity index (χ3v) is 3.67. The molecule has 1 aromatic carbocycles. The predicted octanol–water partition coefficient (Wildman–Crippen LogP) is 2.68. The molecular weight excluding hydrogens is 234 g/mol. The maximum Gasteiger partial charge on any atom is 0.0575 e. The highest BCUT2D eigenvalue weighted by Gasteiger charge is 2.16. The summed E-state index contributed by atoms with van der Waals surface area (Å²) >= 11 is 5.87. The van der Waals surface area contributed by atoms with Crippen LogP contribution in [0.1, 0.15) is 12.8 Å². The van der Waals surface area contributed by atoms with Crippen molar-refractivity contribution >= 4 is 23.0 Å². The number of hydrogen-bond acceptors (Lipinski definition) is 3. The lowest BCUT2D eigenvalue weighted by Crippen LogP contribution is -2.33. The molecule has 0 atom stereocenters. The number of benzene rings is 1. The number of halogens is 1. The monoisotopic (exact) mass is 253 g/mol. The molecule has 0 amide bonds. The maximum atomic E-state index is 5.90. The Hall–Kier alpha value is -0.930. The summed E-state index contributed by atoms with van der Waals surface area (Å²) in [5.74, 6) is 0.751. The summed E-state index contributed by atoms with van der Waals surface area (Å²) in [5, 5.41) is 4.11. The third-order valence-electron chi connectivity index (χ3n) is 3.43. The van der Waals surface area contributed by atoms with E-state index in [1.807, 2.05) is 12.1 Å². The van der Waals surface area contributed by atoms with Crippen molar-refractivity contribution in [3.8, 4) is 0 Å². The van der Waals surface area contributed by atoms with E-state index in [0.29, 0.717) is 5.02 Å². The van der Waals surface area contributed by atoms with E-state index >= 15 is 0 Å². The van der Waals surface area contributed by atoms with Gasteiger partial charge in [0.05, 0.1) is 11.4 Å². The molecule has 1 aromatic rings. The molecule has 4 heteroatoms. The van der Waals surface area contributed by atoms with Crippen LogP contribution in [0.25, 0.3) is 0 Å². The van der Waals surface area contributed by atoms with Crippen LogP contribution in [0.3, 0.4) is 0 Å². The van der Waals surface area contributed by atoms with E-state index in [9.17, 15) is 0 Å².